The van der Waals surface area contributed by atoms with Crippen molar-refractivity contribution >= 4 is 40.0 Å². The molecule has 0 aliphatic carbocycles. The van der Waals surface area contributed by atoms with Crippen LogP contribution in [0.25, 0.3) is 0 Å². The predicted octanol–water partition coefficient (Wildman–Crippen LogP) is 5.08. The van der Waals surface area contributed by atoms with Gasteiger partial charge in [-0.25, -0.2) is 4.79 Å². The van der Waals surface area contributed by atoms with Gasteiger partial charge in [-0.3, -0.25) is 4.79 Å². The third-order valence-electron chi connectivity index (χ3n) is 5.26. The molecule has 34 heavy (non-hydrogen) atoms. The van der Waals surface area contributed by atoms with Gasteiger partial charge in [0.05, 0.1) is 17.9 Å². The van der Waals surface area contributed by atoms with Gasteiger partial charge in [-0.05, 0) is 64.3 Å². The maximum absolute atomic E-state index is 12.7. The number of amides is 1. The number of carbonyl (C=O) groups excluding carboxylic acids is 2. The van der Waals surface area contributed by atoms with Crippen molar-refractivity contribution in [1.82, 2.24) is 14.8 Å². The molecule has 3 aromatic rings. The molecule has 0 aliphatic rings. The first-order chi connectivity index (χ1) is 16.2. The van der Waals surface area contributed by atoms with Crippen LogP contribution in [-0.2, 0) is 22.7 Å². The lowest BCUT2D eigenvalue weighted by atomic mass is 10.1. The number of esters is 1. The number of aromatic nitrogens is 3. The molecule has 1 N–H and O–H groups in total. The SMILES string of the molecule is CCOC(=O)c1c(NC(=O)CSc2nnc(COc3cc(C)ccc3C)n2CC)sc(C)c1C. The van der Waals surface area contributed by atoms with Gasteiger partial charge in [0.25, 0.3) is 0 Å². The van der Waals surface area contributed by atoms with Crippen LogP contribution in [0.5, 0.6) is 5.75 Å². The van der Waals surface area contributed by atoms with Gasteiger partial charge in [0.1, 0.15) is 17.4 Å². The van der Waals surface area contributed by atoms with Crippen molar-refractivity contribution in [2.45, 2.75) is 59.9 Å². The molecule has 0 aliphatic heterocycles. The first kappa shape index (κ1) is 25.8. The highest BCUT2D eigenvalue weighted by molar-refractivity contribution is 7.99. The highest BCUT2D eigenvalue weighted by Gasteiger charge is 2.22. The Hall–Kier alpha value is -2.85. The summed E-state index contributed by atoms with van der Waals surface area (Å²) in [5, 5.41) is 12.5. The van der Waals surface area contributed by atoms with Crippen molar-refractivity contribution in [2.75, 3.05) is 17.7 Å². The second-order valence-corrected chi connectivity index (χ2v) is 9.91. The summed E-state index contributed by atoms with van der Waals surface area (Å²) in [5.74, 6) is 0.995. The van der Waals surface area contributed by atoms with Crippen molar-refractivity contribution < 1.29 is 19.1 Å². The van der Waals surface area contributed by atoms with Gasteiger partial charge in [0.2, 0.25) is 5.91 Å². The van der Waals surface area contributed by atoms with Gasteiger partial charge in [0.15, 0.2) is 11.0 Å². The largest absolute Gasteiger partial charge is 0.485 e. The maximum Gasteiger partial charge on any atom is 0.341 e. The number of anilines is 1. The second kappa shape index (κ2) is 11.5. The minimum Gasteiger partial charge on any atom is -0.485 e. The van der Waals surface area contributed by atoms with E-state index in [1.54, 1.807) is 6.92 Å². The van der Waals surface area contributed by atoms with Crippen LogP contribution < -0.4 is 10.1 Å². The molecule has 2 aromatic heterocycles. The summed E-state index contributed by atoms with van der Waals surface area (Å²) in [7, 11) is 0. The van der Waals surface area contributed by atoms with Crippen molar-refractivity contribution in [3.8, 4) is 5.75 Å². The summed E-state index contributed by atoms with van der Waals surface area (Å²) in [6.07, 6.45) is 0. The highest BCUT2D eigenvalue weighted by atomic mass is 32.2. The lowest BCUT2D eigenvalue weighted by molar-refractivity contribution is -0.113. The number of thiophene rings is 1. The topological polar surface area (TPSA) is 95.3 Å². The summed E-state index contributed by atoms with van der Waals surface area (Å²) in [6.45, 7) is 12.8. The molecule has 0 saturated carbocycles. The summed E-state index contributed by atoms with van der Waals surface area (Å²) < 4.78 is 13.1. The number of thioether (sulfide) groups is 1. The van der Waals surface area contributed by atoms with E-state index >= 15 is 0 Å². The summed E-state index contributed by atoms with van der Waals surface area (Å²) in [5.41, 5.74) is 3.43. The number of nitrogens with zero attached hydrogens (tertiary/aromatic N) is 3. The van der Waals surface area contributed by atoms with Crippen molar-refractivity contribution in [3.05, 3.63) is 51.2 Å². The normalized spacial score (nSPS) is 10.9. The molecule has 10 heteroatoms. The van der Waals surface area contributed by atoms with Crippen LogP contribution in [0.3, 0.4) is 0 Å². The third-order valence-corrected chi connectivity index (χ3v) is 7.35. The van der Waals surface area contributed by atoms with Crippen molar-refractivity contribution in [1.29, 1.82) is 0 Å². The number of benzene rings is 1. The Labute approximate surface area is 208 Å². The number of hydrogen-bond donors (Lipinski definition) is 1. The van der Waals surface area contributed by atoms with Crippen LogP contribution >= 0.6 is 23.1 Å². The zero-order valence-electron chi connectivity index (χ0n) is 20.4. The smallest absolute Gasteiger partial charge is 0.341 e. The zero-order valence-corrected chi connectivity index (χ0v) is 22.0. The van der Waals surface area contributed by atoms with Gasteiger partial charge in [0, 0.05) is 11.4 Å². The minimum atomic E-state index is -0.425. The molecule has 1 amide bonds. The minimum absolute atomic E-state index is 0.133. The van der Waals surface area contributed by atoms with E-state index in [1.807, 2.05) is 57.4 Å². The first-order valence-corrected chi connectivity index (χ1v) is 12.9. The Bertz CT molecular complexity index is 1190. The molecule has 0 radical (unpaired) electrons. The zero-order chi connectivity index (χ0) is 24.8. The van der Waals surface area contributed by atoms with E-state index in [4.69, 9.17) is 9.47 Å². The molecule has 0 bridgehead atoms. The van der Waals surface area contributed by atoms with Gasteiger partial charge < -0.3 is 19.4 Å². The Kier molecular flexibility index (Phi) is 8.73. The van der Waals surface area contributed by atoms with Gasteiger partial charge in [-0.1, -0.05) is 23.9 Å². The second-order valence-electron chi connectivity index (χ2n) is 7.75. The van der Waals surface area contributed by atoms with E-state index in [9.17, 15) is 9.59 Å². The predicted molar refractivity (Wildman–Crippen MR) is 135 cm³/mol. The Morgan fingerprint density at radius 3 is 2.62 bits per heavy atom. The standard InChI is InChI=1S/C24H30N4O4S2/c1-7-28-19(12-32-18-11-14(3)9-10-15(18)4)26-27-24(28)33-13-20(29)25-22-21(23(30)31-8-2)16(5)17(6)34-22/h9-11H,7-8,12-13H2,1-6H3,(H,25,29). The molecule has 0 spiro atoms. The molecular formula is C24H30N4O4S2. The van der Waals surface area contributed by atoms with E-state index in [0.717, 1.165) is 27.3 Å². The fraction of sp³-hybridized carbons (Fsp3) is 0.417. The van der Waals surface area contributed by atoms with Crippen LogP contribution in [-0.4, -0.2) is 39.0 Å². The van der Waals surface area contributed by atoms with E-state index < -0.39 is 5.97 Å². The Morgan fingerprint density at radius 2 is 1.91 bits per heavy atom. The number of rotatable bonds is 10. The van der Waals surface area contributed by atoms with Gasteiger partial charge >= 0.3 is 5.97 Å². The number of aryl methyl sites for hydroxylation is 3. The lowest BCUT2D eigenvalue weighted by Crippen LogP contribution is -2.17. The maximum atomic E-state index is 12.7. The quantitative estimate of drug-likeness (QED) is 0.305. The van der Waals surface area contributed by atoms with E-state index in [1.165, 1.54) is 23.1 Å². The van der Waals surface area contributed by atoms with E-state index in [0.29, 0.717) is 28.1 Å². The van der Waals surface area contributed by atoms with Crippen molar-refractivity contribution in [2.24, 2.45) is 0 Å². The molecule has 1 aromatic carbocycles. The van der Waals surface area contributed by atoms with E-state index in [2.05, 4.69) is 15.5 Å². The molecule has 8 nitrogen and oxygen atoms in total. The molecule has 3 rings (SSSR count). The molecule has 182 valence electrons. The Morgan fingerprint density at radius 1 is 1.15 bits per heavy atom. The fourth-order valence-corrected chi connectivity index (χ4v) is 5.20. The fourth-order valence-electron chi connectivity index (χ4n) is 3.31. The van der Waals surface area contributed by atoms with Crippen molar-refractivity contribution in [3.63, 3.8) is 0 Å². The van der Waals surface area contributed by atoms with Crippen LogP contribution in [0.2, 0.25) is 0 Å². The molecule has 0 unspecified atom stereocenters. The number of carbonyl (C=O) groups is 2. The first-order valence-electron chi connectivity index (χ1n) is 11.1. The van der Waals surface area contributed by atoms with Crippen LogP contribution in [0.1, 0.15) is 51.6 Å². The third kappa shape index (κ3) is 5.98. The van der Waals surface area contributed by atoms with Crippen LogP contribution in [0.4, 0.5) is 5.00 Å². The summed E-state index contributed by atoms with van der Waals surface area (Å²) in [6, 6.07) is 6.07. The number of hydrogen-bond acceptors (Lipinski definition) is 8. The van der Waals surface area contributed by atoms with Gasteiger partial charge in [-0.15, -0.1) is 21.5 Å². The molecule has 0 atom stereocenters. The Balaban J connectivity index is 1.64. The monoisotopic (exact) mass is 502 g/mol. The number of ether oxygens (including phenoxy) is 2. The van der Waals surface area contributed by atoms with E-state index in [-0.39, 0.29) is 24.9 Å². The summed E-state index contributed by atoms with van der Waals surface area (Å²) >= 11 is 2.66. The average Bonchev–Trinajstić information content (AvgIpc) is 3.32. The molecular weight excluding hydrogens is 472 g/mol. The van der Waals surface area contributed by atoms with Gasteiger partial charge in [-0.2, -0.15) is 0 Å². The van der Waals surface area contributed by atoms with Crippen LogP contribution in [0, 0.1) is 27.7 Å². The number of nitrogens with one attached hydrogen (secondary N) is 1. The highest BCUT2D eigenvalue weighted by Crippen LogP contribution is 2.33. The summed E-state index contributed by atoms with van der Waals surface area (Å²) in [4.78, 5) is 26.0. The van der Waals surface area contributed by atoms with Crippen LogP contribution in [0.15, 0.2) is 23.4 Å². The molecule has 2 heterocycles. The molecule has 0 fully saturated rings. The molecule has 0 saturated heterocycles. The lowest BCUT2D eigenvalue weighted by Gasteiger charge is -2.11. The average molecular weight is 503 g/mol.